The quantitative estimate of drug-likeness (QED) is 0.741. The van der Waals surface area contributed by atoms with E-state index >= 15 is 0 Å². The monoisotopic (exact) mass is 187 g/mol. The average Bonchev–Trinajstić information content (AvgIpc) is 2.06. The predicted molar refractivity (Wildman–Crippen MR) is 52.5 cm³/mol. The van der Waals surface area contributed by atoms with Crippen LogP contribution in [0.2, 0.25) is 0 Å². The van der Waals surface area contributed by atoms with Gasteiger partial charge in [0.1, 0.15) is 0 Å². The number of benzene rings is 1. The molecule has 0 aliphatic rings. The van der Waals surface area contributed by atoms with E-state index in [0.29, 0.717) is 13.0 Å². The molecule has 0 fully saturated rings. The summed E-state index contributed by atoms with van der Waals surface area (Å²) >= 11 is 0. The molecule has 68 valence electrons. The molecule has 1 aromatic rings. The lowest BCUT2D eigenvalue weighted by atomic mass is 10.1. The fraction of sp³-hybridized carbons (Fsp3) is 0.333. The summed E-state index contributed by atoms with van der Waals surface area (Å²) in [5.41, 5.74) is 6.40. The third-order valence-electron chi connectivity index (χ3n) is 1.59. The van der Waals surface area contributed by atoms with Crippen LogP contribution in [0.25, 0.3) is 0 Å². The zero-order chi connectivity index (χ0) is 8.10. The number of hydrogen-bond acceptors (Lipinski definition) is 2. The van der Waals surface area contributed by atoms with E-state index in [1.54, 1.807) is 0 Å². The lowest BCUT2D eigenvalue weighted by Gasteiger charge is -2.06. The second kappa shape index (κ2) is 6.00. The average molecular weight is 188 g/mol. The molecule has 0 heterocycles. The molecule has 1 atom stereocenters. The Morgan fingerprint density at radius 2 is 1.83 bits per heavy atom. The van der Waals surface area contributed by atoms with E-state index in [2.05, 4.69) is 0 Å². The number of nitrogens with two attached hydrogens (primary N) is 1. The van der Waals surface area contributed by atoms with Crippen LogP contribution in [0.3, 0.4) is 0 Å². The van der Waals surface area contributed by atoms with Gasteiger partial charge in [0.05, 0.1) is 6.10 Å². The first-order valence-electron chi connectivity index (χ1n) is 3.75. The van der Waals surface area contributed by atoms with Crippen molar-refractivity contribution in [2.75, 3.05) is 6.54 Å². The van der Waals surface area contributed by atoms with Gasteiger partial charge in [0.25, 0.3) is 0 Å². The van der Waals surface area contributed by atoms with Crippen molar-refractivity contribution in [1.82, 2.24) is 0 Å². The van der Waals surface area contributed by atoms with Crippen LogP contribution in [0.1, 0.15) is 5.56 Å². The SMILES string of the molecule is Cl.NC[C@H](O)Cc1ccccc1. The molecular formula is C9H14ClNO. The predicted octanol–water partition coefficient (Wildman–Crippen LogP) is 0.970. The molecule has 0 radical (unpaired) electrons. The second-order valence-electron chi connectivity index (χ2n) is 2.58. The van der Waals surface area contributed by atoms with E-state index in [1.165, 1.54) is 0 Å². The van der Waals surface area contributed by atoms with E-state index in [9.17, 15) is 5.11 Å². The van der Waals surface area contributed by atoms with Crippen LogP contribution in [-0.4, -0.2) is 17.8 Å². The van der Waals surface area contributed by atoms with Crippen LogP contribution in [0.4, 0.5) is 0 Å². The van der Waals surface area contributed by atoms with Gasteiger partial charge >= 0.3 is 0 Å². The molecule has 12 heavy (non-hydrogen) atoms. The van der Waals surface area contributed by atoms with Gasteiger partial charge in [-0.25, -0.2) is 0 Å². The summed E-state index contributed by atoms with van der Waals surface area (Å²) in [6, 6.07) is 9.84. The van der Waals surface area contributed by atoms with Crippen molar-refractivity contribution in [2.24, 2.45) is 5.73 Å². The van der Waals surface area contributed by atoms with Gasteiger partial charge < -0.3 is 10.8 Å². The number of halogens is 1. The second-order valence-corrected chi connectivity index (χ2v) is 2.58. The minimum atomic E-state index is -0.405. The fourth-order valence-corrected chi connectivity index (χ4v) is 0.970. The Bertz CT molecular complexity index is 203. The van der Waals surface area contributed by atoms with Gasteiger partial charge in [-0.1, -0.05) is 30.3 Å². The summed E-state index contributed by atoms with van der Waals surface area (Å²) in [6.07, 6.45) is 0.245. The Morgan fingerprint density at radius 3 is 2.33 bits per heavy atom. The van der Waals surface area contributed by atoms with E-state index in [0.717, 1.165) is 5.56 Å². The van der Waals surface area contributed by atoms with Crippen molar-refractivity contribution in [1.29, 1.82) is 0 Å². The number of aliphatic hydroxyl groups is 1. The molecule has 0 aromatic heterocycles. The first-order chi connectivity index (χ1) is 5.33. The molecule has 3 heteroatoms. The summed E-state index contributed by atoms with van der Waals surface area (Å²) in [5, 5.41) is 9.19. The molecule has 0 saturated heterocycles. The molecule has 0 spiro atoms. The van der Waals surface area contributed by atoms with E-state index in [-0.39, 0.29) is 12.4 Å². The maximum atomic E-state index is 9.19. The molecule has 1 rings (SSSR count). The van der Waals surface area contributed by atoms with E-state index in [1.807, 2.05) is 30.3 Å². The lowest BCUT2D eigenvalue weighted by Crippen LogP contribution is -2.21. The highest BCUT2D eigenvalue weighted by atomic mass is 35.5. The van der Waals surface area contributed by atoms with Gasteiger partial charge in [0.2, 0.25) is 0 Å². The van der Waals surface area contributed by atoms with Crippen LogP contribution in [-0.2, 0) is 6.42 Å². The Labute approximate surface area is 78.8 Å². The zero-order valence-electron chi connectivity index (χ0n) is 6.81. The highest BCUT2D eigenvalue weighted by molar-refractivity contribution is 5.85. The van der Waals surface area contributed by atoms with Gasteiger partial charge in [0, 0.05) is 6.54 Å². The zero-order valence-corrected chi connectivity index (χ0v) is 7.63. The van der Waals surface area contributed by atoms with Crippen LogP contribution in [0.5, 0.6) is 0 Å². The van der Waals surface area contributed by atoms with Gasteiger partial charge in [-0.2, -0.15) is 0 Å². The smallest absolute Gasteiger partial charge is 0.0702 e. The summed E-state index contributed by atoms with van der Waals surface area (Å²) in [6.45, 7) is 0.328. The lowest BCUT2D eigenvalue weighted by molar-refractivity contribution is 0.183. The third kappa shape index (κ3) is 3.72. The summed E-state index contributed by atoms with van der Waals surface area (Å²) < 4.78 is 0. The molecule has 2 nitrogen and oxygen atoms in total. The number of aliphatic hydroxyl groups excluding tert-OH is 1. The number of hydrogen-bond donors (Lipinski definition) is 2. The largest absolute Gasteiger partial charge is 0.391 e. The topological polar surface area (TPSA) is 46.2 Å². The molecule has 1 aromatic carbocycles. The Morgan fingerprint density at radius 1 is 1.25 bits per heavy atom. The summed E-state index contributed by atoms with van der Waals surface area (Å²) in [5.74, 6) is 0. The Kier molecular flexibility index (Phi) is 5.72. The standard InChI is InChI=1S/C9H13NO.ClH/c10-7-9(11)6-8-4-2-1-3-5-8;/h1-5,9,11H,6-7,10H2;1H/t9-;/m1./s1. The van der Waals surface area contributed by atoms with E-state index < -0.39 is 6.10 Å². The molecule has 0 amide bonds. The molecule has 0 aliphatic carbocycles. The van der Waals surface area contributed by atoms with Gasteiger partial charge in [-0.05, 0) is 12.0 Å². The molecule has 0 aliphatic heterocycles. The molecular weight excluding hydrogens is 174 g/mol. The highest BCUT2D eigenvalue weighted by Crippen LogP contribution is 2.01. The van der Waals surface area contributed by atoms with Gasteiger partial charge in [-0.15, -0.1) is 12.4 Å². The van der Waals surface area contributed by atoms with Crippen molar-refractivity contribution in [3.8, 4) is 0 Å². The molecule has 0 bridgehead atoms. The summed E-state index contributed by atoms with van der Waals surface area (Å²) in [4.78, 5) is 0. The minimum Gasteiger partial charge on any atom is -0.391 e. The van der Waals surface area contributed by atoms with Crippen molar-refractivity contribution in [3.05, 3.63) is 35.9 Å². The normalized spacial score (nSPS) is 11.8. The number of rotatable bonds is 3. The maximum Gasteiger partial charge on any atom is 0.0702 e. The van der Waals surface area contributed by atoms with Crippen molar-refractivity contribution < 1.29 is 5.11 Å². The van der Waals surface area contributed by atoms with Gasteiger partial charge in [-0.3, -0.25) is 0 Å². The van der Waals surface area contributed by atoms with Crippen molar-refractivity contribution in [3.63, 3.8) is 0 Å². The van der Waals surface area contributed by atoms with E-state index in [4.69, 9.17) is 5.73 Å². The molecule has 0 unspecified atom stereocenters. The van der Waals surface area contributed by atoms with Crippen LogP contribution in [0, 0.1) is 0 Å². The van der Waals surface area contributed by atoms with Crippen molar-refractivity contribution in [2.45, 2.75) is 12.5 Å². The van der Waals surface area contributed by atoms with Gasteiger partial charge in [0.15, 0.2) is 0 Å². The van der Waals surface area contributed by atoms with Crippen LogP contribution >= 0.6 is 12.4 Å². The van der Waals surface area contributed by atoms with Crippen molar-refractivity contribution >= 4 is 12.4 Å². The highest BCUT2D eigenvalue weighted by Gasteiger charge is 2.00. The van der Waals surface area contributed by atoms with Crippen LogP contribution < -0.4 is 5.73 Å². The first-order valence-corrected chi connectivity index (χ1v) is 3.75. The van der Waals surface area contributed by atoms with Crippen LogP contribution in [0.15, 0.2) is 30.3 Å². The first kappa shape index (κ1) is 11.4. The molecule has 3 N–H and O–H groups in total. The Hall–Kier alpha value is -0.570. The minimum absolute atomic E-state index is 0. The summed E-state index contributed by atoms with van der Waals surface area (Å²) in [7, 11) is 0. The third-order valence-corrected chi connectivity index (χ3v) is 1.59. The fourth-order valence-electron chi connectivity index (χ4n) is 0.970. The molecule has 0 saturated carbocycles. The Balaban J connectivity index is 0.00000121. The maximum absolute atomic E-state index is 9.19.